The molecule has 0 amide bonds. The summed E-state index contributed by atoms with van der Waals surface area (Å²) in [7, 11) is 0. The molecule has 0 unspecified atom stereocenters. The number of aryl methyl sites for hydroxylation is 1. The van der Waals surface area contributed by atoms with Crippen LogP contribution in [0.3, 0.4) is 0 Å². The maximum Gasteiger partial charge on any atom is 0.106 e. The van der Waals surface area contributed by atoms with Crippen LogP contribution in [-0.2, 0) is 6.42 Å². The lowest BCUT2D eigenvalue weighted by Crippen LogP contribution is -1.92. The summed E-state index contributed by atoms with van der Waals surface area (Å²) >= 11 is 3.28. The molecule has 1 rings (SSSR count). The summed E-state index contributed by atoms with van der Waals surface area (Å²) in [5, 5.41) is 8.56. The molecule has 0 aromatic carbocycles. The number of nitrogens with zero attached hydrogens (tertiary/aromatic N) is 1. The zero-order valence-electron chi connectivity index (χ0n) is 6.13. The Morgan fingerprint density at radius 1 is 1.45 bits per heavy atom. The summed E-state index contributed by atoms with van der Waals surface area (Å²) in [6.45, 7) is 0.230. The van der Waals surface area contributed by atoms with Crippen molar-refractivity contribution >= 4 is 15.9 Å². The van der Waals surface area contributed by atoms with Gasteiger partial charge in [0.05, 0.1) is 0 Å². The van der Waals surface area contributed by atoms with Crippen LogP contribution in [0.25, 0.3) is 0 Å². The van der Waals surface area contributed by atoms with Crippen LogP contribution in [0.1, 0.15) is 12.1 Å². The van der Waals surface area contributed by atoms with Crippen LogP contribution in [0.5, 0.6) is 0 Å². The average molecular weight is 216 g/mol. The van der Waals surface area contributed by atoms with E-state index in [0.29, 0.717) is 0 Å². The lowest BCUT2D eigenvalue weighted by atomic mass is 10.2. The highest BCUT2D eigenvalue weighted by atomic mass is 79.9. The van der Waals surface area contributed by atoms with Gasteiger partial charge in [0.2, 0.25) is 0 Å². The van der Waals surface area contributed by atoms with Gasteiger partial charge in [0.1, 0.15) is 4.60 Å². The number of hydrogen-bond acceptors (Lipinski definition) is 2. The fourth-order valence-corrected chi connectivity index (χ4v) is 1.23. The van der Waals surface area contributed by atoms with E-state index >= 15 is 0 Å². The van der Waals surface area contributed by atoms with Gasteiger partial charge in [-0.3, -0.25) is 0 Å². The monoisotopic (exact) mass is 215 g/mol. The SMILES string of the molecule is OCCCc1cccc(Br)n1. The van der Waals surface area contributed by atoms with Crippen molar-refractivity contribution in [1.82, 2.24) is 4.98 Å². The predicted molar refractivity (Wildman–Crippen MR) is 47.3 cm³/mol. The highest BCUT2D eigenvalue weighted by molar-refractivity contribution is 9.10. The minimum absolute atomic E-state index is 0.230. The number of pyridine rings is 1. The maximum atomic E-state index is 8.56. The minimum atomic E-state index is 0.230. The van der Waals surface area contributed by atoms with Crippen molar-refractivity contribution in [2.45, 2.75) is 12.8 Å². The number of aromatic nitrogens is 1. The third-order valence-corrected chi connectivity index (χ3v) is 1.81. The zero-order valence-corrected chi connectivity index (χ0v) is 7.71. The predicted octanol–water partition coefficient (Wildman–Crippen LogP) is 1.77. The Kier molecular flexibility index (Phi) is 3.52. The van der Waals surface area contributed by atoms with Crippen molar-refractivity contribution < 1.29 is 5.11 Å². The highest BCUT2D eigenvalue weighted by Gasteiger charge is 1.93. The number of aliphatic hydroxyl groups excluding tert-OH is 1. The van der Waals surface area contributed by atoms with Gasteiger partial charge in [-0.1, -0.05) is 6.07 Å². The second-order valence-electron chi connectivity index (χ2n) is 2.28. The lowest BCUT2D eigenvalue weighted by molar-refractivity contribution is 0.288. The second kappa shape index (κ2) is 4.46. The standard InChI is InChI=1S/C8H10BrNO/c9-8-5-1-3-7(10-8)4-2-6-11/h1,3,5,11H,2,4,6H2. The van der Waals surface area contributed by atoms with Crippen molar-refractivity contribution in [3.63, 3.8) is 0 Å². The molecule has 1 N–H and O–H groups in total. The van der Waals surface area contributed by atoms with Crippen LogP contribution in [0.15, 0.2) is 22.8 Å². The summed E-state index contributed by atoms with van der Waals surface area (Å²) < 4.78 is 0.855. The van der Waals surface area contributed by atoms with E-state index in [9.17, 15) is 0 Å². The molecular formula is C8H10BrNO. The van der Waals surface area contributed by atoms with Crippen molar-refractivity contribution in [2.75, 3.05) is 6.61 Å². The van der Waals surface area contributed by atoms with Crippen molar-refractivity contribution in [3.8, 4) is 0 Å². The molecule has 1 aromatic rings. The summed E-state index contributed by atoms with van der Waals surface area (Å²) in [4.78, 5) is 4.22. The van der Waals surface area contributed by atoms with E-state index < -0.39 is 0 Å². The maximum absolute atomic E-state index is 8.56. The molecule has 11 heavy (non-hydrogen) atoms. The molecule has 0 bridgehead atoms. The van der Waals surface area contributed by atoms with E-state index in [1.807, 2.05) is 18.2 Å². The van der Waals surface area contributed by atoms with Gasteiger partial charge < -0.3 is 5.11 Å². The minimum Gasteiger partial charge on any atom is -0.396 e. The molecule has 0 fully saturated rings. The summed E-state index contributed by atoms with van der Waals surface area (Å²) in [5.41, 5.74) is 1.02. The summed E-state index contributed by atoms with van der Waals surface area (Å²) in [6.07, 6.45) is 1.62. The molecule has 0 aliphatic carbocycles. The Morgan fingerprint density at radius 3 is 2.91 bits per heavy atom. The van der Waals surface area contributed by atoms with E-state index in [4.69, 9.17) is 5.11 Å². The van der Waals surface area contributed by atoms with Gasteiger partial charge in [-0.05, 0) is 40.9 Å². The zero-order chi connectivity index (χ0) is 8.10. The van der Waals surface area contributed by atoms with Crippen molar-refractivity contribution in [3.05, 3.63) is 28.5 Å². The Morgan fingerprint density at radius 2 is 2.27 bits per heavy atom. The lowest BCUT2D eigenvalue weighted by Gasteiger charge is -1.97. The first-order chi connectivity index (χ1) is 5.33. The van der Waals surface area contributed by atoms with Crippen LogP contribution >= 0.6 is 15.9 Å². The molecule has 1 aromatic heterocycles. The fourth-order valence-electron chi connectivity index (χ4n) is 0.850. The van der Waals surface area contributed by atoms with Crippen molar-refractivity contribution in [1.29, 1.82) is 0 Å². The molecule has 2 nitrogen and oxygen atoms in total. The molecule has 0 radical (unpaired) electrons. The van der Waals surface area contributed by atoms with Gasteiger partial charge >= 0.3 is 0 Å². The third-order valence-electron chi connectivity index (χ3n) is 1.36. The Bertz CT molecular complexity index is 227. The molecule has 0 aliphatic heterocycles. The average Bonchev–Trinajstić information content (AvgIpc) is 2.01. The van der Waals surface area contributed by atoms with E-state index in [-0.39, 0.29) is 6.61 Å². The van der Waals surface area contributed by atoms with E-state index in [2.05, 4.69) is 20.9 Å². The quantitative estimate of drug-likeness (QED) is 0.781. The molecule has 0 atom stereocenters. The number of rotatable bonds is 3. The Balaban J connectivity index is 2.56. The van der Waals surface area contributed by atoms with E-state index in [1.54, 1.807) is 0 Å². The largest absolute Gasteiger partial charge is 0.396 e. The Labute approximate surface area is 74.4 Å². The van der Waals surface area contributed by atoms with E-state index in [1.165, 1.54) is 0 Å². The number of aliphatic hydroxyl groups is 1. The van der Waals surface area contributed by atoms with Crippen LogP contribution in [0, 0.1) is 0 Å². The molecular weight excluding hydrogens is 206 g/mol. The number of hydrogen-bond donors (Lipinski definition) is 1. The molecule has 0 saturated heterocycles. The van der Waals surface area contributed by atoms with Gasteiger partial charge in [-0.15, -0.1) is 0 Å². The molecule has 0 aliphatic rings. The fraction of sp³-hybridized carbons (Fsp3) is 0.375. The normalized spacial score (nSPS) is 10.0. The first kappa shape index (κ1) is 8.68. The molecule has 0 saturated carbocycles. The van der Waals surface area contributed by atoms with E-state index in [0.717, 1.165) is 23.1 Å². The van der Waals surface area contributed by atoms with Gasteiger partial charge in [-0.25, -0.2) is 4.98 Å². The van der Waals surface area contributed by atoms with Crippen LogP contribution in [-0.4, -0.2) is 16.7 Å². The van der Waals surface area contributed by atoms with Crippen LogP contribution < -0.4 is 0 Å². The molecule has 0 spiro atoms. The summed E-state index contributed by atoms with van der Waals surface area (Å²) in [5.74, 6) is 0. The second-order valence-corrected chi connectivity index (χ2v) is 3.09. The van der Waals surface area contributed by atoms with Crippen LogP contribution in [0.2, 0.25) is 0 Å². The molecule has 1 heterocycles. The van der Waals surface area contributed by atoms with Gasteiger partial charge in [0.25, 0.3) is 0 Å². The van der Waals surface area contributed by atoms with Gasteiger partial charge in [-0.2, -0.15) is 0 Å². The first-order valence-electron chi connectivity index (χ1n) is 3.55. The number of halogens is 1. The van der Waals surface area contributed by atoms with Gasteiger partial charge in [0, 0.05) is 12.3 Å². The topological polar surface area (TPSA) is 33.1 Å². The molecule has 60 valence electrons. The third kappa shape index (κ3) is 2.99. The Hall–Kier alpha value is -0.410. The highest BCUT2D eigenvalue weighted by Crippen LogP contribution is 2.07. The van der Waals surface area contributed by atoms with Crippen LogP contribution in [0.4, 0.5) is 0 Å². The molecule has 3 heteroatoms. The smallest absolute Gasteiger partial charge is 0.106 e. The first-order valence-corrected chi connectivity index (χ1v) is 4.34. The summed E-state index contributed by atoms with van der Waals surface area (Å²) in [6, 6.07) is 5.80. The van der Waals surface area contributed by atoms with Crippen molar-refractivity contribution in [2.24, 2.45) is 0 Å². The van der Waals surface area contributed by atoms with Gasteiger partial charge in [0.15, 0.2) is 0 Å².